The minimum absolute atomic E-state index is 0.0285. The highest BCUT2D eigenvalue weighted by molar-refractivity contribution is 7.17. The largest absolute Gasteiger partial charge is 0.497 e. The van der Waals surface area contributed by atoms with E-state index in [0.717, 1.165) is 66.4 Å². The number of hydrogen-bond donors (Lipinski definition) is 4. The lowest BCUT2D eigenvalue weighted by Crippen LogP contribution is -2.17. The van der Waals surface area contributed by atoms with E-state index in [2.05, 4.69) is 36.0 Å². The van der Waals surface area contributed by atoms with Gasteiger partial charge in [0, 0.05) is 54.3 Å². The van der Waals surface area contributed by atoms with Crippen molar-refractivity contribution in [2.24, 2.45) is 21.9 Å². The molecule has 1 fully saturated rings. The van der Waals surface area contributed by atoms with Crippen LogP contribution in [-0.4, -0.2) is 72.5 Å². The number of carbonyl (C=O) groups excluding carboxylic acids is 2. The third kappa shape index (κ3) is 8.31. The molecule has 14 heteroatoms. The maximum atomic E-state index is 12.6. The van der Waals surface area contributed by atoms with Gasteiger partial charge in [0.2, 0.25) is 11.8 Å². The second-order valence-corrected chi connectivity index (χ2v) is 13.0. The summed E-state index contributed by atoms with van der Waals surface area (Å²) in [4.78, 5) is 43.5. The Balaban J connectivity index is 1.02. The van der Waals surface area contributed by atoms with Gasteiger partial charge in [-0.05, 0) is 87.3 Å². The van der Waals surface area contributed by atoms with Gasteiger partial charge in [-0.15, -0.1) is 11.3 Å². The first-order valence-corrected chi connectivity index (χ1v) is 17.4. The van der Waals surface area contributed by atoms with Gasteiger partial charge in [-0.2, -0.15) is 5.10 Å². The van der Waals surface area contributed by atoms with Crippen molar-refractivity contribution in [2.75, 3.05) is 44.5 Å². The van der Waals surface area contributed by atoms with E-state index in [1.807, 2.05) is 18.2 Å². The van der Waals surface area contributed by atoms with Gasteiger partial charge >= 0.3 is 0 Å². The topological polar surface area (TPSA) is 178 Å². The molecular formula is C35H41N9O4S. The predicted octanol–water partition coefficient (Wildman–Crippen LogP) is 5.01. The fourth-order valence-corrected chi connectivity index (χ4v) is 6.68. The third-order valence-corrected chi connectivity index (χ3v) is 9.55. The Morgan fingerprint density at radius 1 is 1.14 bits per heavy atom. The second kappa shape index (κ2) is 15.9. The molecule has 0 unspecified atom stereocenters. The fourth-order valence-electron chi connectivity index (χ4n) is 5.72. The number of hydrogen-bond acceptors (Lipinski definition) is 12. The number of benzene rings is 1. The lowest BCUT2D eigenvalue weighted by molar-refractivity contribution is -0.117. The lowest BCUT2D eigenvalue weighted by atomic mass is 9.92. The molecular weight excluding hydrogens is 643 g/mol. The summed E-state index contributed by atoms with van der Waals surface area (Å²) in [6.07, 6.45) is 10.5. The second-order valence-electron chi connectivity index (χ2n) is 12.0. The number of hydrazone groups is 1. The van der Waals surface area contributed by atoms with Crippen LogP contribution in [0.25, 0.3) is 21.5 Å². The van der Waals surface area contributed by atoms with E-state index in [4.69, 9.17) is 20.3 Å². The van der Waals surface area contributed by atoms with Crippen molar-refractivity contribution in [3.05, 3.63) is 52.7 Å². The summed E-state index contributed by atoms with van der Waals surface area (Å²) in [5.74, 6) is 6.91. The molecule has 2 aliphatic carbocycles. The van der Waals surface area contributed by atoms with Gasteiger partial charge in [0.1, 0.15) is 16.6 Å². The summed E-state index contributed by atoms with van der Waals surface area (Å²) in [7, 11) is 3.24. The number of rotatable bonds is 15. The van der Waals surface area contributed by atoms with Crippen LogP contribution in [0.5, 0.6) is 11.6 Å². The smallest absolute Gasteiger partial charge is 0.266 e. The number of aromatic nitrogens is 3. The monoisotopic (exact) mass is 683 g/mol. The van der Waals surface area contributed by atoms with Crippen LogP contribution in [0.2, 0.25) is 0 Å². The maximum Gasteiger partial charge on any atom is 0.266 e. The van der Waals surface area contributed by atoms with Gasteiger partial charge in [-0.3, -0.25) is 19.6 Å². The predicted molar refractivity (Wildman–Crippen MR) is 193 cm³/mol. The van der Waals surface area contributed by atoms with E-state index in [9.17, 15) is 9.59 Å². The number of aryl methyl sites for hydroxylation is 1. The highest BCUT2D eigenvalue weighted by atomic mass is 32.1. The average Bonchev–Trinajstić information content (AvgIpc) is 3.91. The van der Waals surface area contributed by atoms with Crippen molar-refractivity contribution < 1.29 is 19.1 Å². The van der Waals surface area contributed by atoms with E-state index >= 15 is 0 Å². The molecule has 4 aromatic rings. The van der Waals surface area contributed by atoms with Crippen LogP contribution in [0.15, 0.2) is 46.6 Å². The van der Waals surface area contributed by atoms with Crippen LogP contribution in [0.3, 0.4) is 0 Å². The molecule has 0 bridgehead atoms. The number of pyridine rings is 2. The number of thiazole rings is 1. The molecule has 0 spiro atoms. The van der Waals surface area contributed by atoms with E-state index in [0.29, 0.717) is 54.0 Å². The number of fused-ring (bicyclic) bond motifs is 2. The number of methoxy groups -OCH3 is 1. The number of nitrogens with two attached hydrogens (primary N) is 1. The number of nitrogens with one attached hydrogen (secondary N) is 3. The van der Waals surface area contributed by atoms with E-state index in [1.165, 1.54) is 22.6 Å². The van der Waals surface area contributed by atoms with E-state index in [1.54, 1.807) is 38.7 Å². The third-order valence-electron chi connectivity index (χ3n) is 8.47. The Hall–Kier alpha value is -5.11. The number of ether oxygens (including phenoxy) is 2. The van der Waals surface area contributed by atoms with Crippen molar-refractivity contribution in [3.63, 3.8) is 0 Å². The number of carbonyl (C=O) groups is 2. The number of amides is 2. The van der Waals surface area contributed by atoms with Crippen LogP contribution in [0.4, 0.5) is 11.5 Å². The highest BCUT2D eigenvalue weighted by Gasteiger charge is 2.30. The van der Waals surface area contributed by atoms with Crippen molar-refractivity contribution in [1.82, 2.24) is 20.3 Å². The molecule has 3 heterocycles. The molecule has 6 rings (SSSR count). The van der Waals surface area contributed by atoms with Gasteiger partial charge in [-0.25, -0.2) is 9.97 Å². The SMILES string of the molecule is CNC(=O)c1sc(-c2ccnc(NC(=O)C3CC3)c2)nc1OCCCC(C=NCCNc1c2c(nc3ccc(OC)cc13)CCCC2)=NN. The lowest BCUT2D eigenvalue weighted by Gasteiger charge is -2.21. The van der Waals surface area contributed by atoms with Crippen molar-refractivity contribution >= 4 is 57.5 Å². The molecule has 5 N–H and O–H groups in total. The minimum Gasteiger partial charge on any atom is -0.497 e. The molecule has 0 atom stereocenters. The Morgan fingerprint density at radius 3 is 2.80 bits per heavy atom. The fraction of sp³-hybridized carbons (Fsp3) is 0.400. The molecule has 1 aromatic carbocycles. The van der Waals surface area contributed by atoms with Gasteiger partial charge < -0.3 is 31.3 Å². The summed E-state index contributed by atoms with van der Waals surface area (Å²) >= 11 is 1.21. The molecule has 1 saturated carbocycles. The van der Waals surface area contributed by atoms with E-state index in [-0.39, 0.29) is 23.6 Å². The van der Waals surface area contributed by atoms with Crippen LogP contribution < -0.4 is 31.3 Å². The number of nitrogens with zero attached hydrogens (tertiary/aromatic N) is 5. The van der Waals surface area contributed by atoms with Crippen molar-refractivity contribution in [1.29, 1.82) is 0 Å². The zero-order valence-corrected chi connectivity index (χ0v) is 28.6. The highest BCUT2D eigenvalue weighted by Crippen LogP contribution is 2.36. The molecule has 0 saturated heterocycles. The van der Waals surface area contributed by atoms with Crippen LogP contribution in [0, 0.1) is 5.92 Å². The zero-order valence-electron chi connectivity index (χ0n) is 27.8. The Bertz CT molecular complexity index is 1890. The summed E-state index contributed by atoms with van der Waals surface area (Å²) in [5.41, 5.74) is 5.91. The van der Waals surface area contributed by atoms with Gasteiger partial charge in [0.05, 0.1) is 31.5 Å². The Morgan fingerprint density at radius 2 is 2.00 bits per heavy atom. The summed E-state index contributed by atoms with van der Waals surface area (Å²) in [6, 6.07) is 9.54. The van der Waals surface area contributed by atoms with E-state index < -0.39 is 0 Å². The summed E-state index contributed by atoms with van der Waals surface area (Å²) in [6.45, 7) is 1.47. The minimum atomic E-state index is -0.292. The van der Waals surface area contributed by atoms with Gasteiger partial charge in [-0.1, -0.05) is 0 Å². The molecule has 2 amide bonds. The van der Waals surface area contributed by atoms with Crippen LogP contribution >= 0.6 is 11.3 Å². The van der Waals surface area contributed by atoms with Gasteiger partial charge in [0.25, 0.3) is 5.91 Å². The number of aliphatic imine (C=N–C) groups is 1. The Labute approximate surface area is 288 Å². The molecule has 256 valence electrons. The van der Waals surface area contributed by atoms with Crippen molar-refractivity contribution in [3.8, 4) is 22.2 Å². The molecule has 13 nitrogen and oxygen atoms in total. The molecule has 0 radical (unpaired) electrons. The average molecular weight is 684 g/mol. The molecule has 3 aromatic heterocycles. The summed E-state index contributed by atoms with van der Waals surface area (Å²) in [5, 5.41) is 14.7. The standard InChI is InChI=1S/C35H41N9O4S/c1-37-33(46)31-34(43-35(49-31)22-13-14-39-29(18-22)42-32(45)21-9-10-21)48-17-5-6-23(44-36)20-38-15-16-40-30-25-7-3-4-8-27(25)41-28-12-11-24(47-2)19-26(28)30/h11-14,18-21H,3-10,15-17,36H2,1-2H3,(H,37,46)(H,40,41)(H,39,42,45). The molecule has 49 heavy (non-hydrogen) atoms. The van der Waals surface area contributed by atoms with Crippen LogP contribution in [0.1, 0.15) is 59.5 Å². The molecule has 0 aliphatic heterocycles. The first-order valence-electron chi connectivity index (χ1n) is 16.6. The zero-order chi connectivity index (χ0) is 34.2. The molecule has 2 aliphatic rings. The van der Waals surface area contributed by atoms with Crippen molar-refractivity contribution in [2.45, 2.75) is 51.4 Å². The maximum absolute atomic E-state index is 12.6. The summed E-state index contributed by atoms with van der Waals surface area (Å²) < 4.78 is 11.5. The first kappa shape index (κ1) is 33.8. The quantitative estimate of drug-likeness (QED) is 0.0581. The Kier molecular flexibility index (Phi) is 10.9. The van der Waals surface area contributed by atoms with Gasteiger partial charge in [0.15, 0.2) is 4.88 Å². The normalized spacial score (nSPS) is 14.4. The van der Waals surface area contributed by atoms with Crippen LogP contribution in [-0.2, 0) is 17.6 Å². The number of anilines is 2. The first-order chi connectivity index (χ1) is 24.0.